The molecule has 1 fully saturated rings. The van der Waals surface area contributed by atoms with Gasteiger partial charge in [0.1, 0.15) is 0 Å². The van der Waals surface area contributed by atoms with E-state index >= 15 is 0 Å². The minimum Gasteiger partial charge on any atom is -0.391 e. The van der Waals surface area contributed by atoms with Crippen LogP contribution in [0.15, 0.2) is 24.3 Å². The van der Waals surface area contributed by atoms with Crippen LogP contribution in [0, 0.1) is 17.6 Å². The van der Waals surface area contributed by atoms with Crippen molar-refractivity contribution in [2.45, 2.75) is 51.6 Å². The zero-order valence-corrected chi connectivity index (χ0v) is 15.3. The van der Waals surface area contributed by atoms with E-state index in [0.717, 1.165) is 25.9 Å². The van der Waals surface area contributed by atoms with Crippen molar-refractivity contribution in [2.24, 2.45) is 5.41 Å². The van der Waals surface area contributed by atoms with E-state index in [1.807, 2.05) is 12.1 Å². The summed E-state index contributed by atoms with van der Waals surface area (Å²) in [5.74, 6) is 0. The molecular formula is C18H22OW. The van der Waals surface area contributed by atoms with E-state index in [1.54, 1.807) is 0 Å². The molecule has 106 valence electrons. The van der Waals surface area contributed by atoms with E-state index in [2.05, 4.69) is 38.1 Å². The van der Waals surface area contributed by atoms with Crippen LogP contribution in [0.1, 0.15) is 51.5 Å². The van der Waals surface area contributed by atoms with Crippen molar-refractivity contribution in [3.63, 3.8) is 0 Å². The number of benzene rings is 1. The SMILES string of the molecule is CC1(C)CCC2([C-]=C(c3[c-]cccc3)CCO2)CC1.[W+2]. The first-order valence-electron chi connectivity index (χ1n) is 7.34. The maximum atomic E-state index is 6.11. The Labute approximate surface area is 137 Å². The molecule has 0 atom stereocenters. The molecule has 0 radical (unpaired) electrons. The first-order valence-corrected chi connectivity index (χ1v) is 7.34. The minimum atomic E-state index is -0.118. The normalized spacial score (nSPS) is 23.8. The third-order valence-corrected chi connectivity index (χ3v) is 4.55. The van der Waals surface area contributed by atoms with Gasteiger partial charge in [-0.05, 0) is 31.1 Å². The molecule has 0 amide bonds. The van der Waals surface area contributed by atoms with Crippen LogP contribution in [-0.4, -0.2) is 12.2 Å². The molecule has 3 rings (SSSR count). The van der Waals surface area contributed by atoms with Crippen LogP contribution in [0.4, 0.5) is 0 Å². The average Bonchev–Trinajstić information content (AvgIpc) is 2.44. The second-order valence-corrected chi connectivity index (χ2v) is 6.64. The van der Waals surface area contributed by atoms with Crippen LogP contribution in [0.3, 0.4) is 0 Å². The Balaban J connectivity index is 0.00000147. The Morgan fingerprint density at radius 2 is 1.85 bits per heavy atom. The molecule has 0 aromatic heterocycles. The van der Waals surface area contributed by atoms with Crippen molar-refractivity contribution in [2.75, 3.05) is 6.61 Å². The van der Waals surface area contributed by atoms with Gasteiger partial charge in [0.2, 0.25) is 0 Å². The van der Waals surface area contributed by atoms with Crippen LogP contribution in [0.2, 0.25) is 0 Å². The molecule has 1 heterocycles. The Bertz CT molecular complexity index is 465. The first kappa shape index (κ1) is 16.0. The van der Waals surface area contributed by atoms with Crippen LogP contribution in [0.5, 0.6) is 0 Å². The van der Waals surface area contributed by atoms with Gasteiger partial charge in [-0.15, -0.1) is 6.07 Å². The molecule has 20 heavy (non-hydrogen) atoms. The molecule has 0 unspecified atom stereocenters. The van der Waals surface area contributed by atoms with Crippen LogP contribution in [-0.2, 0) is 25.8 Å². The van der Waals surface area contributed by atoms with Gasteiger partial charge in [-0.2, -0.15) is 12.1 Å². The summed E-state index contributed by atoms with van der Waals surface area (Å²) in [4.78, 5) is 0. The summed E-state index contributed by atoms with van der Waals surface area (Å²) in [6, 6.07) is 11.5. The van der Waals surface area contributed by atoms with E-state index in [0.29, 0.717) is 5.41 Å². The van der Waals surface area contributed by atoms with Crippen molar-refractivity contribution in [3.05, 3.63) is 42.0 Å². The van der Waals surface area contributed by atoms with Crippen molar-refractivity contribution < 1.29 is 25.8 Å². The van der Waals surface area contributed by atoms with Crippen molar-refractivity contribution in [3.8, 4) is 0 Å². The summed E-state index contributed by atoms with van der Waals surface area (Å²) >= 11 is 0. The van der Waals surface area contributed by atoms with Gasteiger partial charge in [-0.3, -0.25) is 11.6 Å². The number of hydrogen-bond acceptors (Lipinski definition) is 1. The molecule has 1 aliphatic heterocycles. The summed E-state index contributed by atoms with van der Waals surface area (Å²) in [5.41, 5.74) is 2.83. The number of rotatable bonds is 1. The fraction of sp³-hybridized carbons (Fsp3) is 0.556. The largest absolute Gasteiger partial charge is 2.00 e. The molecule has 1 aliphatic carbocycles. The zero-order valence-electron chi connectivity index (χ0n) is 12.4. The zero-order chi connectivity index (χ0) is 13.3. The topological polar surface area (TPSA) is 9.23 Å². The molecule has 1 aromatic carbocycles. The Hall–Kier alpha value is -0.392. The van der Waals surface area contributed by atoms with E-state index in [4.69, 9.17) is 4.74 Å². The summed E-state index contributed by atoms with van der Waals surface area (Å²) in [7, 11) is 0. The first-order chi connectivity index (χ1) is 9.09. The summed E-state index contributed by atoms with van der Waals surface area (Å²) in [5, 5.41) is 0. The molecule has 1 spiro atoms. The third kappa shape index (κ3) is 3.43. The molecule has 0 saturated heterocycles. The van der Waals surface area contributed by atoms with E-state index < -0.39 is 0 Å². The van der Waals surface area contributed by atoms with E-state index in [-0.39, 0.29) is 26.7 Å². The van der Waals surface area contributed by atoms with Gasteiger partial charge in [0.05, 0.1) is 0 Å². The quantitative estimate of drug-likeness (QED) is 0.590. The molecular weight excluding hydrogens is 416 g/mol. The van der Waals surface area contributed by atoms with Gasteiger partial charge >= 0.3 is 21.1 Å². The van der Waals surface area contributed by atoms with Crippen molar-refractivity contribution in [1.29, 1.82) is 0 Å². The van der Waals surface area contributed by atoms with Crippen LogP contribution >= 0.6 is 0 Å². The van der Waals surface area contributed by atoms with Gasteiger partial charge in [0.15, 0.2) is 0 Å². The molecule has 0 bridgehead atoms. The number of ether oxygens (including phenoxy) is 1. The Morgan fingerprint density at radius 3 is 2.50 bits per heavy atom. The average molecular weight is 438 g/mol. The second kappa shape index (κ2) is 6.16. The fourth-order valence-electron chi connectivity index (χ4n) is 3.11. The molecule has 1 saturated carbocycles. The molecule has 2 aliphatic rings. The predicted molar refractivity (Wildman–Crippen MR) is 77.5 cm³/mol. The van der Waals surface area contributed by atoms with Crippen LogP contribution < -0.4 is 0 Å². The standard InChI is InChI=1S/C18H22O.W/c1-17(2)9-11-18(12-10-17)14-16(8-13-19-18)15-6-4-3-5-7-15;/h3-6H,8-13H2,1-2H3;/q-2;+2. The predicted octanol–water partition coefficient (Wildman–Crippen LogP) is 4.43. The Kier molecular flexibility index (Phi) is 4.92. The van der Waals surface area contributed by atoms with Gasteiger partial charge in [0, 0.05) is 12.2 Å². The molecule has 0 N–H and O–H groups in total. The maximum absolute atomic E-state index is 6.11. The van der Waals surface area contributed by atoms with Gasteiger partial charge in [-0.1, -0.05) is 20.3 Å². The third-order valence-electron chi connectivity index (χ3n) is 4.55. The monoisotopic (exact) mass is 438 g/mol. The molecule has 2 heteroatoms. The maximum Gasteiger partial charge on any atom is 2.00 e. The second-order valence-electron chi connectivity index (χ2n) is 6.64. The van der Waals surface area contributed by atoms with Gasteiger partial charge in [0.25, 0.3) is 0 Å². The molecule has 1 aromatic rings. The van der Waals surface area contributed by atoms with Crippen molar-refractivity contribution >= 4 is 5.57 Å². The van der Waals surface area contributed by atoms with E-state index in [9.17, 15) is 0 Å². The summed E-state index contributed by atoms with van der Waals surface area (Å²) in [6.07, 6.45) is 9.32. The van der Waals surface area contributed by atoms with Crippen molar-refractivity contribution in [1.82, 2.24) is 0 Å². The van der Waals surface area contributed by atoms with E-state index in [1.165, 1.54) is 24.0 Å². The smallest absolute Gasteiger partial charge is 0.391 e. The van der Waals surface area contributed by atoms with Gasteiger partial charge in [-0.25, -0.2) is 12.1 Å². The number of hydrogen-bond donors (Lipinski definition) is 0. The minimum absolute atomic E-state index is 0. The van der Waals surface area contributed by atoms with Crippen LogP contribution in [0.25, 0.3) is 5.57 Å². The van der Waals surface area contributed by atoms with Gasteiger partial charge < -0.3 is 10.3 Å². The fourth-order valence-corrected chi connectivity index (χ4v) is 3.11. The summed E-state index contributed by atoms with van der Waals surface area (Å²) in [6.45, 7) is 5.54. The Morgan fingerprint density at radius 1 is 1.10 bits per heavy atom. The molecule has 1 nitrogen and oxygen atoms in total. The summed E-state index contributed by atoms with van der Waals surface area (Å²) < 4.78 is 6.11.